The molecule has 4 N–H and O–H groups in total. The van der Waals surface area contributed by atoms with Gasteiger partial charge in [0.15, 0.2) is 0 Å². The number of hydrogen-bond donors (Lipinski definition) is 3. The minimum Gasteiger partial charge on any atom is -0.497 e. The molecule has 0 radical (unpaired) electrons. The third-order valence-electron chi connectivity index (χ3n) is 5.82. The van der Waals surface area contributed by atoms with Crippen LogP contribution in [0.25, 0.3) is 10.9 Å². The van der Waals surface area contributed by atoms with Crippen molar-refractivity contribution in [1.82, 2.24) is 10.3 Å². The second-order valence-electron chi connectivity index (χ2n) is 7.59. The quantitative estimate of drug-likeness (QED) is 0.560. The smallest absolute Gasteiger partial charge is 0.240 e. The molecule has 1 fully saturated rings. The Labute approximate surface area is 182 Å². The zero-order chi connectivity index (χ0) is 20.3. The second-order valence-corrected chi connectivity index (χ2v) is 7.59. The summed E-state index contributed by atoms with van der Waals surface area (Å²) in [5.74, 6) is 0.683. The third-order valence-corrected chi connectivity index (χ3v) is 5.82. The number of carbonyl (C=O) groups excluding carboxylic acids is 1. The summed E-state index contributed by atoms with van der Waals surface area (Å²) in [6.45, 7) is 1.51. The Kier molecular flexibility index (Phi) is 7.02. The minimum atomic E-state index is -0.858. The lowest BCUT2D eigenvalue weighted by Gasteiger charge is -2.32. The lowest BCUT2D eigenvalue weighted by molar-refractivity contribution is -0.129. The molecule has 6 nitrogen and oxygen atoms in total. The first-order chi connectivity index (χ1) is 14.1. The molecule has 1 atom stereocenters. The van der Waals surface area contributed by atoms with Crippen molar-refractivity contribution in [2.75, 3.05) is 26.9 Å². The number of aromatic amines is 1. The lowest BCUT2D eigenvalue weighted by Crippen LogP contribution is -2.57. The number of aromatic nitrogens is 1. The van der Waals surface area contributed by atoms with E-state index in [9.17, 15) is 4.79 Å². The largest absolute Gasteiger partial charge is 0.497 e. The Balaban J connectivity index is 0.00000256. The standard InChI is InChI=1S/C23H27N3O3.ClH/c1-28-17-8-6-16(7-9-17)19(20-15-25-21-5-3-2-4-18(20)21)14-26-22(27)23(24)10-12-29-13-11-23;/h2-9,15,19,25H,10-14,24H2,1H3,(H,26,27);1H. The maximum absolute atomic E-state index is 12.9. The van der Waals surface area contributed by atoms with Gasteiger partial charge >= 0.3 is 0 Å². The molecule has 1 amide bonds. The van der Waals surface area contributed by atoms with Gasteiger partial charge < -0.3 is 25.5 Å². The number of fused-ring (bicyclic) bond motifs is 1. The third kappa shape index (κ3) is 4.46. The van der Waals surface area contributed by atoms with Crippen LogP contribution in [0.2, 0.25) is 0 Å². The maximum atomic E-state index is 12.9. The monoisotopic (exact) mass is 429 g/mol. The Morgan fingerprint density at radius 1 is 1.20 bits per heavy atom. The van der Waals surface area contributed by atoms with Crippen LogP contribution in [0.4, 0.5) is 0 Å². The van der Waals surface area contributed by atoms with E-state index < -0.39 is 5.54 Å². The van der Waals surface area contributed by atoms with Crippen LogP contribution in [0.3, 0.4) is 0 Å². The number of para-hydroxylation sites is 1. The van der Waals surface area contributed by atoms with Gasteiger partial charge in [0.2, 0.25) is 5.91 Å². The molecule has 4 rings (SSSR count). The van der Waals surface area contributed by atoms with Crippen LogP contribution in [0.5, 0.6) is 5.75 Å². The number of rotatable bonds is 6. The van der Waals surface area contributed by atoms with Crippen molar-refractivity contribution in [3.05, 3.63) is 65.9 Å². The zero-order valence-corrected chi connectivity index (χ0v) is 17.8. The maximum Gasteiger partial charge on any atom is 0.240 e. The van der Waals surface area contributed by atoms with E-state index in [2.05, 4.69) is 22.4 Å². The highest BCUT2D eigenvalue weighted by Crippen LogP contribution is 2.31. The topological polar surface area (TPSA) is 89.4 Å². The molecule has 2 aromatic carbocycles. The van der Waals surface area contributed by atoms with Crippen molar-refractivity contribution in [2.45, 2.75) is 24.3 Å². The predicted molar refractivity (Wildman–Crippen MR) is 120 cm³/mol. The van der Waals surface area contributed by atoms with Crippen molar-refractivity contribution in [1.29, 1.82) is 0 Å². The number of nitrogens with one attached hydrogen (secondary N) is 2. The van der Waals surface area contributed by atoms with Gasteiger partial charge in [-0.3, -0.25) is 4.79 Å². The molecule has 0 spiro atoms. The first-order valence-corrected chi connectivity index (χ1v) is 9.95. The molecule has 1 unspecified atom stereocenters. The first kappa shape index (κ1) is 22.2. The number of carbonyl (C=O) groups is 1. The van der Waals surface area contributed by atoms with Gasteiger partial charge in [-0.15, -0.1) is 12.4 Å². The fourth-order valence-electron chi connectivity index (χ4n) is 3.96. The summed E-state index contributed by atoms with van der Waals surface area (Å²) in [5.41, 5.74) is 8.83. The highest BCUT2D eigenvalue weighted by molar-refractivity contribution is 5.87. The zero-order valence-electron chi connectivity index (χ0n) is 17.0. The first-order valence-electron chi connectivity index (χ1n) is 9.95. The fraction of sp³-hybridized carbons (Fsp3) is 0.348. The van der Waals surface area contributed by atoms with Gasteiger partial charge in [-0.1, -0.05) is 30.3 Å². The molecule has 0 bridgehead atoms. The van der Waals surface area contributed by atoms with Crippen molar-refractivity contribution in [3.63, 3.8) is 0 Å². The van der Waals surface area contributed by atoms with Gasteiger partial charge in [0, 0.05) is 42.8 Å². The van der Waals surface area contributed by atoms with Crippen LogP contribution in [0.15, 0.2) is 54.7 Å². The minimum absolute atomic E-state index is 0. The molecule has 3 aromatic rings. The van der Waals surface area contributed by atoms with Gasteiger partial charge in [-0.2, -0.15) is 0 Å². The second kappa shape index (κ2) is 9.51. The van der Waals surface area contributed by atoms with Gasteiger partial charge in [0.1, 0.15) is 5.75 Å². The number of hydrogen-bond acceptors (Lipinski definition) is 4. The molecular weight excluding hydrogens is 402 g/mol. The molecule has 1 aliphatic rings. The summed E-state index contributed by atoms with van der Waals surface area (Å²) in [4.78, 5) is 16.2. The van der Waals surface area contributed by atoms with Crippen LogP contribution in [0, 0.1) is 0 Å². The number of nitrogens with two attached hydrogens (primary N) is 1. The summed E-state index contributed by atoms with van der Waals surface area (Å²) >= 11 is 0. The number of halogens is 1. The summed E-state index contributed by atoms with van der Waals surface area (Å²) in [6.07, 6.45) is 3.11. The average Bonchev–Trinajstić information content (AvgIpc) is 3.19. The molecule has 1 aliphatic heterocycles. The number of benzene rings is 2. The van der Waals surface area contributed by atoms with Crippen molar-refractivity contribution >= 4 is 29.2 Å². The Hall–Kier alpha value is -2.54. The van der Waals surface area contributed by atoms with Gasteiger partial charge in [-0.25, -0.2) is 0 Å². The summed E-state index contributed by atoms with van der Waals surface area (Å²) in [7, 11) is 1.65. The number of amides is 1. The van der Waals surface area contributed by atoms with Gasteiger partial charge in [0.25, 0.3) is 0 Å². The molecule has 1 aromatic heterocycles. The van der Waals surface area contributed by atoms with Crippen LogP contribution in [0.1, 0.15) is 29.9 Å². The SMILES string of the molecule is COc1ccc(C(CNC(=O)C2(N)CCOCC2)c2c[nH]c3ccccc23)cc1.Cl. The molecule has 1 saturated heterocycles. The van der Waals surface area contributed by atoms with E-state index in [1.165, 1.54) is 0 Å². The average molecular weight is 430 g/mol. The van der Waals surface area contributed by atoms with Gasteiger partial charge in [-0.05, 0) is 42.2 Å². The number of ether oxygens (including phenoxy) is 2. The Bertz CT molecular complexity index is 981. The van der Waals surface area contributed by atoms with Crippen molar-refractivity contribution in [3.8, 4) is 5.75 Å². The van der Waals surface area contributed by atoms with Crippen molar-refractivity contribution < 1.29 is 14.3 Å². The lowest BCUT2D eigenvalue weighted by atomic mass is 9.88. The molecular formula is C23H28ClN3O3. The number of methoxy groups -OCH3 is 1. The van der Waals surface area contributed by atoms with E-state index >= 15 is 0 Å². The van der Waals surface area contributed by atoms with Crippen LogP contribution in [-0.2, 0) is 9.53 Å². The summed E-state index contributed by atoms with van der Waals surface area (Å²) in [5, 5.41) is 4.26. The Morgan fingerprint density at radius 2 is 1.90 bits per heavy atom. The Morgan fingerprint density at radius 3 is 2.60 bits per heavy atom. The highest BCUT2D eigenvalue weighted by atomic mass is 35.5. The number of H-pyrrole nitrogens is 1. The van der Waals surface area contributed by atoms with Crippen molar-refractivity contribution in [2.24, 2.45) is 5.73 Å². The summed E-state index contributed by atoms with van der Waals surface area (Å²) < 4.78 is 10.7. The molecule has 7 heteroatoms. The van der Waals surface area contributed by atoms with Crippen LogP contribution < -0.4 is 15.8 Å². The fourth-order valence-corrected chi connectivity index (χ4v) is 3.96. The molecule has 0 aliphatic carbocycles. The van der Waals surface area contributed by atoms with Crippen LogP contribution >= 0.6 is 12.4 Å². The van der Waals surface area contributed by atoms with Gasteiger partial charge in [0.05, 0.1) is 12.6 Å². The highest BCUT2D eigenvalue weighted by Gasteiger charge is 2.36. The van der Waals surface area contributed by atoms with E-state index in [4.69, 9.17) is 15.2 Å². The molecule has 30 heavy (non-hydrogen) atoms. The summed E-state index contributed by atoms with van der Waals surface area (Å²) in [6, 6.07) is 16.2. The van der Waals surface area contributed by atoms with E-state index in [1.807, 2.05) is 42.6 Å². The molecule has 160 valence electrons. The van der Waals surface area contributed by atoms with E-state index in [0.29, 0.717) is 32.6 Å². The van der Waals surface area contributed by atoms with E-state index in [0.717, 1.165) is 27.8 Å². The van der Waals surface area contributed by atoms with E-state index in [-0.39, 0.29) is 24.2 Å². The van der Waals surface area contributed by atoms with E-state index in [1.54, 1.807) is 7.11 Å². The normalized spacial score (nSPS) is 16.5. The predicted octanol–water partition coefficient (Wildman–Crippen LogP) is 3.35. The molecule has 0 saturated carbocycles. The molecule has 2 heterocycles. The van der Waals surface area contributed by atoms with Crippen LogP contribution in [-0.4, -0.2) is 43.3 Å².